The number of benzene rings is 2. The summed E-state index contributed by atoms with van der Waals surface area (Å²) in [5.41, 5.74) is 2.24. The second kappa shape index (κ2) is 8.53. The number of halogens is 1. The van der Waals surface area contributed by atoms with Crippen LogP contribution < -0.4 is 4.72 Å². The molecule has 0 saturated carbocycles. The fourth-order valence-electron chi connectivity index (χ4n) is 3.38. The first-order valence-electron chi connectivity index (χ1n) is 8.95. The zero-order valence-corrected chi connectivity index (χ0v) is 16.6. The Morgan fingerprint density at radius 1 is 1.19 bits per heavy atom. The predicted octanol–water partition coefficient (Wildman–Crippen LogP) is 3.84. The van der Waals surface area contributed by atoms with Gasteiger partial charge < -0.3 is 0 Å². The first kappa shape index (κ1) is 19.4. The van der Waals surface area contributed by atoms with Gasteiger partial charge in [-0.15, -0.1) is 0 Å². The SMILES string of the molecule is Cc1ccc(S(=O)(=O)NCC2CCCN(Cc3cccc(Cl)c3)C2)cc1. The summed E-state index contributed by atoms with van der Waals surface area (Å²) in [5.74, 6) is 0.322. The van der Waals surface area contributed by atoms with Crippen LogP contribution in [0.3, 0.4) is 0 Å². The Morgan fingerprint density at radius 2 is 1.96 bits per heavy atom. The molecule has 0 bridgehead atoms. The number of piperidine rings is 1. The van der Waals surface area contributed by atoms with Gasteiger partial charge in [-0.25, -0.2) is 13.1 Å². The third-order valence-corrected chi connectivity index (χ3v) is 6.47. The monoisotopic (exact) mass is 392 g/mol. The van der Waals surface area contributed by atoms with Crippen molar-refractivity contribution >= 4 is 21.6 Å². The van der Waals surface area contributed by atoms with Gasteiger partial charge in [0, 0.05) is 24.7 Å². The van der Waals surface area contributed by atoms with E-state index < -0.39 is 10.0 Å². The van der Waals surface area contributed by atoms with Crippen LogP contribution in [0.15, 0.2) is 53.4 Å². The normalized spacial score (nSPS) is 18.8. The van der Waals surface area contributed by atoms with E-state index in [0.29, 0.717) is 17.4 Å². The quantitative estimate of drug-likeness (QED) is 0.812. The molecular formula is C20H25ClN2O2S. The van der Waals surface area contributed by atoms with Gasteiger partial charge in [-0.2, -0.15) is 0 Å². The van der Waals surface area contributed by atoms with E-state index in [1.54, 1.807) is 12.1 Å². The van der Waals surface area contributed by atoms with Gasteiger partial charge in [-0.05, 0) is 62.1 Å². The Labute approximate surface area is 161 Å². The number of rotatable bonds is 6. The minimum absolute atomic E-state index is 0.322. The number of hydrogen-bond donors (Lipinski definition) is 1. The molecule has 1 N–H and O–H groups in total. The lowest BCUT2D eigenvalue weighted by atomic mass is 9.98. The first-order valence-corrected chi connectivity index (χ1v) is 10.8. The Balaban J connectivity index is 1.55. The van der Waals surface area contributed by atoms with Crippen molar-refractivity contribution in [1.29, 1.82) is 0 Å². The molecule has 0 aromatic heterocycles. The van der Waals surface area contributed by atoms with Crippen LogP contribution in [0.5, 0.6) is 0 Å². The number of hydrogen-bond acceptors (Lipinski definition) is 3. The van der Waals surface area contributed by atoms with Gasteiger partial charge in [-0.3, -0.25) is 4.90 Å². The van der Waals surface area contributed by atoms with E-state index in [1.165, 1.54) is 5.56 Å². The molecule has 1 unspecified atom stereocenters. The van der Waals surface area contributed by atoms with Crippen molar-refractivity contribution in [3.05, 3.63) is 64.7 Å². The number of sulfonamides is 1. The molecule has 6 heteroatoms. The van der Waals surface area contributed by atoms with Gasteiger partial charge in [0.2, 0.25) is 10.0 Å². The van der Waals surface area contributed by atoms with Gasteiger partial charge in [0.15, 0.2) is 0 Å². The van der Waals surface area contributed by atoms with E-state index in [-0.39, 0.29) is 0 Å². The van der Waals surface area contributed by atoms with Crippen LogP contribution in [0.4, 0.5) is 0 Å². The lowest BCUT2D eigenvalue weighted by molar-refractivity contribution is 0.169. The van der Waals surface area contributed by atoms with Gasteiger partial charge in [0.1, 0.15) is 0 Å². The zero-order valence-electron chi connectivity index (χ0n) is 15.0. The maximum absolute atomic E-state index is 12.5. The highest BCUT2D eigenvalue weighted by Crippen LogP contribution is 2.20. The third kappa shape index (κ3) is 5.30. The van der Waals surface area contributed by atoms with Crippen LogP contribution in [0, 0.1) is 12.8 Å². The van der Waals surface area contributed by atoms with Crippen LogP contribution in [-0.4, -0.2) is 33.0 Å². The highest BCUT2D eigenvalue weighted by molar-refractivity contribution is 7.89. The maximum atomic E-state index is 12.5. The van der Waals surface area contributed by atoms with E-state index >= 15 is 0 Å². The number of aryl methyl sites for hydroxylation is 1. The number of nitrogens with zero attached hydrogens (tertiary/aromatic N) is 1. The fraction of sp³-hybridized carbons (Fsp3) is 0.400. The van der Waals surface area contributed by atoms with Crippen molar-refractivity contribution in [2.45, 2.75) is 31.2 Å². The van der Waals surface area contributed by atoms with Gasteiger partial charge in [-0.1, -0.05) is 41.4 Å². The summed E-state index contributed by atoms with van der Waals surface area (Å²) in [6.07, 6.45) is 2.12. The average Bonchev–Trinajstić information content (AvgIpc) is 2.61. The highest BCUT2D eigenvalue weighted by Gasteiger charge is 2.22. The van der Waals surface area contributed by atoms with E-state index in [1.807, 2.05) is 37.3 Å². The minimum Gasteiger partial charge on any atom is -0.299 e. The average molecular weight is 393 g/mol. The molecule has 0 amide bonds. The van der Waals surface area contributed by atoms with Crippen LogP contribution >= 0.6 is 11.6 Å². The summed E-state index contributed by atoms with van der Waals surface area (Å²) in [4.78, 5) is 2.70. The molecule has 140 valence electrons. The molecule has 1 saturated heterocycles. The second-order valence-electron chi connectivity index (χ2n) is 7.04. The molecule has 3 rings (SSSR count). The molecule has 1 fully saturated rings. The molecule has 1 aliphatic rings. The van der Waals surface area contributed by atoms with Crippen molar-refractivity contribution in [2.24, 2.45) is 5.92 Å². The predicted molar refractivity (Wildman–Crippen MR) is 106 cm³/mol. The summed E-state index contributed by atoms with van der Waals surface area (Å²) in [6.45, 7) is 5.20. The molecule has 26 heavy (non-hydrogen) atoms. The lowest BCUT2D eigenvalue weighted by Crippen LogP contribution is -2.40. The summed E-state index contributed by atoms with van der Waals surface area (Å²) >= 11 is 6.06. The smallest absolute Gasteiger partial charge is 0.240 e. The summed E-state index contributed by atoms with van der Waals surface area (Å²) < 4.78 is 27.7. The van der Waals surface area contributed by atoms with Gasteiger partial charge >= 0.3 is 0 Å². The largest absolute Gasteiger partial charge is 0.299 e. The zero-order chi connectivity index (χ0) is 18.6. The van der Waals surface area contributed by atoms with Crippen LogP contribution in [-0.2, 0) is 16.6 Å². The molecule has 0 aliphatic carbocycles. The molecule has 1 aliphatic heterocycles. The molecule has 2 aromatic carbocycles. The molecule has 1 heterocycles. The third-order valence-electron chi connectivity index (χ3n) is 4.79. The molecule has 1 atom stereocenters. The first-order chi connectivity index (χ1) is 12.4. The minimum atomic E-state index is -3.44. The van der Waals surface area contributed by atoms with Gasteiger partial charge in [0.25, 0.3) is 0 Å². The summed E-state index contributed by atoms with van der Waals surface area (Å²) in [5, 5.41) is 0.752. The number of nitrogens with one attached hydrogen (secondary N) is 1. The fourth-order valence-corrected chi connectivity index (χ4v) is 4.71. The maximum Gasteiger partial charge on any atom is 0.240 e. The molecule has 0 spiro atoms. The topological polar surface area (TPSA) is 49.4 Å². The molecule has 0 radical (unpaired) electrons. The van der Waals surface area contributed by atoms with Crippen LogP contribution in [0.1, 0.15) is 24.0 Å². The highest BCUT2D eigenvalue weighted by atomic mass is 35.5. The van der Waals surface area contributed by atoms with Crippen molar-refractivity contribution < 1.29 is 8.42 Å². The molecule has 4 nitrogen and oxygen atoms in total. The van der Waals surface area contributed by atoms with E-state index in [9.17, 15) is 8.42 Å². The van der Waals surface area contributed by atoms with E-state index in [0.717, 1.165) is 43.1 Å². The van der Waals surface area contributed by atoms with Gasteiger partial charge in [0.05, 0.1) is 4.90 Å². The van der Waals surface area contributed by atoms with Crippen molar-refractivity contribution in [3.8, 4) is 0 Å². The number of likely N-dealkylation sites (tertiary alicyclic amines) is 1. The standard InChI is InChI=1S/C20H25ClN2O2S/c1-16-7-9-20(10-8-16)26(24,25)22-13-18-5-3-11-23(15-18)14-17-4-2-6-19(21)12-17/h2,4,6-10,12,18,22H,3,5,11,13-15H2,1H3. The van der Waals surface area contributed by atoms with Crippen molar-refractivity contribution in [1.82, 2.24) is 9.62 Å². The molecule has 2 aromatic rings. The lowest BCUT2D eigenvalue weighted by Gasteiger charge is -2.32. The summed E-state index contributed by atoms with van der Waals surface area (Å²) in [7, 11) is -3.44. The Kier molecular flexibility index (Phi) is 6.35. The Bertz CT molecular complexity index is 837. The van der Waals surface area contributed by atoms with Crippen LogP contribution in [0.25, 0.3) is 0 Å². The summed E-state index contributed by atoms with van der Waals surface area (Å²) in [6, 6.07) is 14.9. The second-order valence-corrected chi connectivity index (χ2v) is 9.24. The molecular weight excluding hydrogens is 368 g/mol. The Morgan fingerprint density at radius 3 is 2.69 bits per heavy atom. The van der Waals surface area contributed by atoms with Crippen molar-refractivity contribution in [2.75, 3.05) is 19.6 Å². The van der Waals surface area contributed by atoms with Crippen molar-refractivity contribution in [3.63, 3.8) is 0 Å². The van der Waals surface area contributed by atoms with Crippen LogP contribution in [0.2, 0.25) is 5.02 Å². The Hall–Kier alpha value is -1.40. The van der Waals surface area contributed by atoms with E-state index in [2.05, 4.69) is 15.7 Å². The van der Waals surface area contributed by atoms with E-state index in [4.69, 9.17) is 11.6 Å².